The van der Waals surface area contributed by atoms with E-state index in [-0.39, 0.29) is 11.8 Å². The molecule has 10 nitrogen and oxygen atoms in total. The second-order valence-corrected chi connectivity index (χ2v) is 10.5. The Labute approximate surface area is 227 Å². The van der Waals surface area contributed by atoms with Crippen molar-refractivity contribution in [1.29, 1.82) is 0 Å². The predicted molar refractivity (Wildman–Crippen MR) is 155 cm³/mol. The zero-order valence-corrected chi connectivity index (χ0v) is 22.2. The minimum atomic E-state index is -0.193. The van der Waals surface area contributed by atoms with Gasteiger partial charge >= 0.3 is 0 Å². The Balaban J connectivity index is 1.16. The van der Waals surface area contributed by atoms with Crippen LogP contribution in [-0.2, 0) is 0 Å². The van der Waals surface area contributed by atoms with Crippen LogP contribution in [0.4, 0.5) is 23.1 Å². The first-order chi connectivity index (χ1) is 19.0. The molecule has 2 fully saturated rings. The van der Waals surface area contributed by atoms with Gasteiger partial charge in [0, 0.05) is 60.8 Å². The monoisotopic (exact) mass is 526 g/mol. The van der Waals surface area contributed by atoms with E-state index in [1.54, 1.807) is 18.5 Å². The Morgan fingerprint density at radius 2 is 1.95 bits per heavy atom. The third kappa shape index (κ3) is 5.65. The number of allylic oxidation sites excluding steroid dienone is 1. The summed E-state index contributed by atoms with van der Waals surface area (Å²) >= 11 is 0. The molecular weight excluding hydrogens is 492 g/mol. The number of hydrogen-bond donors (Lipinski definition) is 4. The van der Waals surface area contributed by atoms with Gasteiger partial charge in [-0.1, -0.05) is 25.3 Å². The number of piperazine rings is 1. The normalized spacial score (nSPS) is 18.9. The average Bonchev–Trinajstić information content (AvgIpc) is 3.51. The van der Waals surface area contributed by atoms with Crippen LogP contribution in [0.5, 0.6) is 5.88 Å². The Morgan fingerprint density at radius 3 is 2.77 bits per heavy atom. The number of anilines is 3. The van der Waals surface area contributed by atoms with Crippen molar-refractivity contribution < 1.29 is 9.90 Å². The van der Waals surface area contributed by atoms with E-state index in [1.807, 2.05) is 24.3 Å². The molecule has 39 heavy (non-hydrogen) atoms. The number of amides is 1. The summed E-state index contributed by atoms with van der Waals surface area (Å²) in [6.45, 7) is 3.89. The zero-order chi connectivity index (χ0) is 26.8. The van der Waals surface area contributed by atoms with E-state index in [4.69, 9.17) is 0 Å². The topological polar surface area (TPSA) is 122 Å². The molecule has 6 rings (SSSR count). The first kappa shape index (κ1) is 25.1. The molecule has 1 aromatic carbocycles. The second kappa shape index (κ2) is 10.9. The number of H-pyrrole nitrogens is 1. The first-order valence-corrected chi connectivity index (χ1v) is 13.7. The van der Waals surface area contributed by atoms with Gasteiger partial charge in [-0.15, -0.1) is 0 Å². The van der Waals surface area contributed by atoms with Gasteiger partial charge in [0.05, 0.1) is 11.9 Å². The van der Waals surface area contributed by atoms with Gasteiger partial charge in [0.1, 0.15) is 5.69 Å². The first-order valence-electron chi connectivity index (χ1n) is 13.7. The standard InChI is InChI=1S/C29H34N8O2/c1-36-10-12-37(13-11-36)23-9-5-6-19(14-23)27(38)32-22-16-24-20(17-30-26(24)31-18-22)15-25-28(39)35-29(34-25)33-21-7-3-2-4-8-21/h5-6,9,14-18,21,39H,2-4,7-8,10-13H2,1H3,(H,32,38)(H2,33,34,35). The largest absolute Gasteiger partial charge is 0.492 e. The summed E-state index contributed by atoms with van der Waals surface area (Å²) in [5, 5.41) is 16.8. The molecule has 1 amide bonds. The van der Waals surface area contributed by atoms with Crippen molar-refractivity contribution in [3.8, 4) is 5.88 Å². The molecule has 0 unspecified atom stereocenters. The van der Waals surface area contributed by atoms with Crippen LogP contribution >= 0.6 is 0 Å². The van der Waals surface area contributed by atoms with Gasteiger partial charge in [0.2, 0.25) is 11.8 Å². The van der Waals surface area contributed by atoms with E-state index in [9.17, 15) is 9.90 Å². The number of hydrogen-bond acceptors (Lipinski definition) is 8. The lowest BCUT2D eigenvalue weighted by Crippen LogP contribution is -2.44. The third-order valence-electron chi connectivity index (χ3n) is 7.70. The zero-order valence-electron chi connectivity index (χ0n) is 22.2. The molecule has 0 bridgehead atoms. The van der Waals surface area contributed by atoms with E-state index in [1.165, 1.54) is 19.3 Å². The van der Waals surface area contributed by atoms with Crippen LogP contribution < -0.4 is 15.5 Å². The molecule has 4 N–H and O–H groups in total. The molecule has 0 radical (unpaired) electrons. The molecule has 1 aliphatic carbocycles. The van der Waals surface area contributed by atoms with Crippen molar-refractivity contribution in [2.24, 2.45) is 4.99 Å². The summed E-state index contributed by atoms with van der Waals surface area (Å²) in [5.74, 6) is 0.873. The van der Waals surface area contributed by atoms with Crippen molar-refractivity contribution in [1.82, 2.24) is 19.9 Å². The minimum Gasteiger partial charge on any atom is -0.492 e. The lowest BCUT2D eigenvalue weighted by Gasteiger charge is -2.34. The number of imidazole rings is 1. The van der Waals surface area contributed by atoms with E-state index < -0.39 is 0 Å². The summed E-state index contributed by atoms with van der Waals surface area (Å²) in [5.41, 5.74) is 4.27. The van der Waals surface area contributed by atoms with Gasteiger partial charge in [-0.25, -0.2) is 9.98 Å². The van der Waals surface area contributed by atoms with E-state index in [2.05, 4.69) is 53.5 Å². The second-order valence-electron chi connectivity index (χ2n) is 10.5. The number of nitrogens with zero attached hydrogens (tertiary/aromatic N) is 5. The van der Waals surface area contributed by atoms with Crippen molar-refractivity contribution in [3.05, 3.63) is 53.3 Å². The number of aromatic nitrogens is 3. The quantitative estimate of drug-likeness (QED) is 0.373. The number of fused-ring (bicyclic) bond motifs is 1. The highest BCUT2D eigenvalue weighted by Gasteiger charge is 2.20. The highest BCUT2D eigenvalue weighted by molar-refractivity contribution is 6.21. The van der Waals surface area contributed by atoms with Crippen LogP contribution in [0.3, 0.4) is 0 Å². The average molecular weight is 527 g/mol. The number of carbonyl (C=O) groups is 1. The lowest BCUT2D eigenvalue weighted by molar-refractivity contribution is 0.102. The molecule has 3 aromatic rings. The maximum atomic E-state index is 13.1. The number of rotatable bonds is 6. The molecule has 2 aromatic heterocycles. The van der Waals surface area contributed by atoms with Crippen LogP contribution in [0, 0.1) is 0 Å². The van der Waals surface area contributed by atoms with Crippen molar-refractivity contribution in [3.63, 3.8) is 0 Å². The Morgan fingerprint density at radius 1 is 1.13 bits per heavy atom. The van der Waals surface area contributed by atoms with E-state index >= 15 is 0 Å². The van der Waals surface area contributed by atoms with E-state index in [0.717, 1.165) is 55.8 Å². The Bertz CT molecular complexity index is 1410. The highest BCUT2D eigenvalue weighted by atomic mass is 16.3. The minimum absolute atomic E-state index is 0.0692. The third-order valence-corrected chi connectivity index (χ3v) is 7.70. The fraction of sp³-hybridized carbons (Fsp3) is 0.379. The highest BCUT2D eigenvalue weighted by Crippen LogP contribution is 2.34. The molecule has 3 aliphatic rings. The maximum absolute atomic E-state index is 13.1. The van der Waals surface area contributed by atoms with Gasteiger partial charge in [0.15, 0.2) is 5.82 Å². The maximum Gasteiger partial charge on any atom is 0.255 e. The molecule has 4 heterocycles. The smallest absolute Gasteiger partial charge is 0.255 e. The Hall–Kier alpha value is -4.18. The number of likely N-dealkylation sites (N-methyl/N-ethyl adjacent to an activating group) is 1. The van der Waals surface area contributed by atoms with Crippen molar-refractivity contribution >= 4 is 46.9 Å². The van der Waals surface area contributed by atoms with Gasteiger partial charge in [-0.2, -0.15) is 4.98 Å². The molecule has 1 saturated heterocycles. The SMILES string of the molecule is CN1CCN(c2cccc(C(=O)Nc3cnc4c(c3)C(=Cc3[nH]c(NC5CCCCC5)nc3O)C=N4)c2)CC1. The van der Waals surface area contributed by atoms with E-state index in [0.29, 0.717) is 34.8 Å². The Kier molecular flexibility index (Phi) is 7.02. The molecule has 202 valence electrons. The molecule has 2 aliphatic heterocycles. The van der Waals surface area contributed by atoms with Crippen molar-refractivity contribution in [2.45, 2.75) is 38.1 Å². The van der Waals surface area contributed by atoms with Gasteiger partial charge in [-0.3, -0.25) is 4.79 Å². The number of pyridine rings is 1. The van der Waals surface area contributed by atoms with Gasteiger partial charge in [0.25, 0.3) is 5.91 Å². The van der Waals surface area contributed by atoms with Gasteiger partial charge in [-0.05, 0) is 50.2 Å². The summed E-state index contributed by atoms with van der Waals surface area (Å²) in [7, 11) is 2.13. The molecule has 10 heteroatoms. The van der Waals surface area contributed by atoms with Crippen LogP contribution in [0.1, 0.15) is 53.7 Å². The number of aliphatic imine (C=N–C) groups is 1. The lowest BCUT2D eigenvalue weighted by atomic mass is 9.96. The molecule has 0 atom stereocenters. The predicted octanol–water partition coefficient (Wildman–Crippen LogP) is 4.52. The van der Waals surface area contributed by atoms with Crippen LogP contribution in [0.25, 0.3) is 11.6 Å². The summed E-state index contributed by atoms with van der Waals surface area (Å²) in [4.78, 5) is 34.0. The number of aromatic amines is 1. The van der Waals surface area contributed by atoms with Crippen LogP contribution in [0.15, 0.2) is 41.5 Å². The fourth-order valence-corrected chi connectivity index (χ4v) is 5.41. The fourth-order valence-electron chi connectivity index (χ4n) is 5.41. The molecular formula is C29H34N8O2. The summed E-state index contributed by atoms with van der Waals surface area (Å²) in [6, 6.07) is 9.97. The number of benzene rings is 1. The van der Waals surface area contributed by atoms with Crippen molar-refractivity contribution in [2.75, 3.05) is 48.8 Å². The van der Waals surface area contributed by atoms with Crippen LogP contribution in [-0.4, -0.2) is 76.3 Å². The molecule has 1 saturated carbocycles. The number of carbonyl (C=O) groups excluding carboxylic acids is 1. The van der Waals surface area contributed by atoms with Crippen LogP contribution in [0.2, 0.25) is 0 Å². The summed E-state index contributed by atoms with van der Waals surface area (Å²) in [6.07, 6.45) is 11.0. The summed E-state index contributed by atoms with van der Waals surface area (Å²) < 4.78 is 0. The number of aromatic hydroxyl groups is 1. The number of nitrogens with one attached hydrogen (secondary N) is 3. The van der Waals surface area contributed by atoms with Gasteiger partial charge < -0.3 is 30.5 Å². The molecule has 0 spiro atoms.